The Kier molecular flexibility index (Phi) is 6.13. The lowest BCUT2D eigenvalue weighted by Crippen LogP contribution is -2.16. The fourth-order valence-corrected chi connectivity index (χ4v) is 3.64. The summed E-state index contributed by atoms with van der Waals surface area (Å²) in [6.45, 7) is 2.42. The first-order chi connectivity index (χ1) is 13.9. The van der Waals surface area contributed by atoms with Gasteiger partial charge >= 0.3 is 0 Å². The number of ether oxygens (including phenoxy) is 1. The van der Waals surface area contributed by atoms with E-state index in [-0.39, 0.29) is 16.1 Å². The molecule has 0 radical (unpaired) electrons. The highest BCUT2D eigenvalue weighted by Gasteiger charge is 2.17. The zero-order valence-corrected chi connectivity index (χ0v) is 16.4. The minimum Gasteiger partial charge on any atom is -0.494 e. The molecule has 0 saturated carbocycles. The molecule has 3 aromatic carbocycles. The van der Waals surface area contributed by atoms with Gasteiger partial charge in [-0.1, -0.05) is 6.07 Å². The number of sulfonamides is 1. The van der Waals surface area contributed by atoms with Crippen molar-refractivity contribution in [3.8, 4) is 5.75 Å². The Labute approximate surface area is 168 Å². The van der Waals surface area contributed by atoms with E-state index >= 15 is 0 Å². The molecule has 0 aliphatic carbocycles. The maximum Gasteiger partial charge on any atom is 0.261 e. The molecular weight excluding hydrogens is 395 g/mol. The largest absolute Gasteiger partial charge is 0.494 e. The number of halogens is 1. The van der Waals surface area contributed by atoms with Gasteiger partial charge in [-0.15, -0.1) is 0 Å². The molecule has 0 atom stereocenters. The van der Waals surface area contributed by atoms with E-state index in [2.05, 4.69) is 10.0 Å². The molecule has 0 aromatic heterocycles. The van der Waals surface area contributed by atoms with Crippen LogP contribution in [0.4, 0.5) is 15.8 Å². The van der Waals surface area contributed by atoms with Gasteiger partial charge in [0.05, 0.1) is 11.5 Å². The molecule has 1 amide bonds. The van der Waals surface area contributed by atoms with E-state index in [4.69, 9.17) is 4.74 Å². The van der Waals surface area contributed by atoms with E-state index < -0.39 is 21.7 Å². The molecule has 0 unspecified atom stereocenters. The normalized spacial score (nSPS) is 11.0. The summed E-state index contributed by atoms with van der Waals surface area (Å²) in [5.74, 6) is -0.237. The van der Waals surface area contributed by atoms with Gasteiger partial charge in [0.25, 0.3) is 15.9 Å². The van der Waals surface area contributed by atoms with Gasteiger partial charge in [-0.3, -0.25) is 9.52 Å². The Morgan fingerprint density at radius 3 is 2.28 bits per heavy atom. The third kappa shape index (κ3) is 5.32. The predicted octanol–water partition coefficient (Wildman–Crippen LogP) is 4.28. The van der Waals surface area contributed by atoms with Crippen LogP contribution >= 0.6 is 0 Å². The zero-order valence-electron chi connectivity index (χ0n) is 15.6. The van der Waals surface area contributed by atoms with Gasteiger partial charge in [0.15, 0.2) is 0 Å². The van der Waals surface area contributed by atoms with Crippen LogP contribution in [0.2, 0.25) is 0 Å². The van der Waals surface area contributed by atoms with Gasteiger partial charge in [0.2, 0.25) is 0 Å². The lowest BCUT2D eigenvalue weighted by Gasteiger charge is -2.10. The van der Waals surface area contributed by atoms with Crippen LogP contribution in [0, 0.1) is 5.82 Å². The molecule has 8 heteroatoms. The topological polar surface area (TPSA) is 84.5 Å². The Morgan fingerprint density at radius 2 is 1.62 bits per heavy atom. The number of carbonyl (C=O) groups excluding carboxylic acids is 1. The maximum atomic E-state index is 13.0. The zero-order chi connectivity index (χ0) is 20.9. The average molecular weight is 414 g/mol. The second-order valence-corrected chi connectivity index (χ2v) is 7.73. The number of hydrogen-bond acceptors (Lipinski definition) is 4. The maximum absolute atomic E-state index is 13.0. The highest BCUT2D eigenvalue weighted by Crippen LogP contribution is 2.20. The van der Waals surface area contributed by atoms with Crippen LogP contribution in [0.1, 0.15) is 17.3 Å². The van der Waals surface area contributed by atoms with Crippen LogP contribution in [0.5, 0.6) is 5.75 Å². The molecule has 0 bridgehead atoms. The molecule has 29 heavy (non-hydrogen) atoms. The van der Waals surface area contributed by atoms with Crippen molar-refractivity contribution in [1.82, 2.24) is 0 Å². The highest BCUT2D eigenvalue weighted by atomic mass is 32.2. The number of anilines is 2. The standard InChI is InChI=1S/C21H19FN2O4S/c1-2-28-19-12-10-17(11-13-19)23-21(25)15-4-3-5-20(14-15)29(26,27)24-18-8-6-16(22)7-9-18/h3-14,24H,2H2,1H3,(H,23,25). The van der Waals surface area contributed by atoms with E-state index in [1.165, 1.54) is 36.4 Å². The molecule has 0 aliphatic heterocycles. The molecule has 0 aliphatic rings. The summed E-state index contributed by atoms with van der Waals surface area (Å²) in [5, 5.41) is 2.71. The van der Waals surface area contributed by atoms with Crippen molar-refractivity contribution in [2.24, 2.45) is 0 Å². The summed E-state index contributed by atoms with van der Waals surface area (Å²) in [6.07, 6.45) is 0. The Hall–Kier alpha value is -3.39. The van der Waals surface area contributed by atoms with Crippen molar-refractivity contribution in [3.05, 3.63) is 84.2 Å². The van der Waals surface area contributed by atoms with Crippen LogP contribution in [-0.4, -0.2) is 20.9 Å². The first-order valence-corrected chi connectivity index (χ1v) is 10.3. The number of rotatable bonds is 7. The fourth-order valence-electron chi connectivity index (χ4n) is 2.54. The monoisotopic (exact) mass is 414 g/mol. The van der Waals surface area contributed by atoms with Crippen molar-refractivity contribution in [3.63, 3.8) is 0 Å². The second kappa shape index (κ2) is 8.74. The van der Waals surface area contributed by atoms with Gasteiger partial charge in [-0.25, -0.2) is 12.8 Å². The molecule has 0 heterocycles. The lowest BCUT2D eigenvalue weighted by molar-refractivity contribution is 0.102. The number of benzene rings is 3. The minimum absolute atomic E-state index is 0.0823. The summed E-state index contributed by atoms with van der Waals surface area (Å²) in [4.78, 5) is 12.4. The number of amides is 1. The molecule has 2 N–H and O–H groups in total. The summed E-state index contributed by atoms with van der Waals surface area (Å²) in [6, 6.07) is 17.4. The summed E-state index contributed by atoms with van der Waals surface area (Å²) in [5.41, 5.74) is 0.952. The van der Waals surface area contributed by atoms with Crippen molar-refractivity contribution in [2.45, 2.75) is 11.8 Å². The average Bonchev–Trinajstić information content (AvgIpc) is 2.71. The number of nitrogens with one attached hydrogen (secondary N) is 2. The van der Waals surface area contributed by atoms with E-state index in [0.717, 1.165) is 12.1 Å². The van der Waals surface area contributed by atoms with Crippen molar-refractivity contribution >= 4 is 27.3 Å². The molecule has 3 aromatic rings. The van der Waals surface area contributed by atoms with Gasteiger partial charge in [-0.2, -0.15) is 0 Å². The third-order valence-corrected chi connectivity index (χ3v) is 5.31. The van der Waals surface area contributed by atoms with Crippen LogP contribution in [0.25, 0.3) is 0 Å². The predicted molar refractivity (Wildman–Crippen MR) is 109 cm³/mol. The number of carbonyl (C=O) groups is 1. The lowest BCUT2D eigenvalue weighted by atomic mass is 10.2. The summed E-state index contributed by atoms with van der Waals surface area (Å²) >= 11 is 0. The van der Waals surface area contributed by atoms with Crippen molar-refractivity contribution in [2.75, 3.05) is 16.6 Å². The Bertz CT molecular complexity index is 1100. The van der Waals surface area contributed by atoms with Crippen molar-refractivity contribution in [1.29, 1.82) is 0 Å². The van der Waals surface area contributed by atoms with Gasteiger partial charge < -0.3 is 10.1 Å². The fraction of sp³-hybridized carbons (Fsp3) is 0.0952. The van der Waals surface area contributed by atoms with Crippen molar-refractivity contribution < 1.29 is 22.3 Å². The molecule has 0 spiro atoms. The second-order valence-electron chi connectivity index (χ2n) is 6.05. The highest BCUT2D eigenvalue weighted by molar-refractivity contribution is 7.92. The molecule has 6 nitrogen and oxygen atoms in total. The minimum atomic E-state index is -3.94. The van der Waals surface area contributed by atoms with Gasteiger partial charge in [0, 0.05) is 16.9 Å². The third-order valence-electron chi connectivity index (χ3n) is 3.93. The quantitative estimate of drug-likeness (QED) is 0.604. The molecule has 0 fully saturated rings. The first-order valence-electron chi connectivity index (χ1n) is 8.80. The van der Waals surface area contributed by atoms with E-state index in [9.17, 15) is 17.6 Å². The van der Waals surface area contributed by atoms with Crippen LogP contribution in [0.15, 0.2) is 77.7 Å². The first kappa shape index (κ1) is 20.3. The molecule has 3 rings (SSSR count). The van der Waals surface area contributed by atoms with Gasteiger partial charge in [0.1, 0.15) is 11.6 Å². The van der Waals surface area contributed by atoms with Crippen LogP contribution in [0.3, 0.4) is 0 Å². The Balaban J connectivity index is 1.75. The molecule has 0 saturated heterocycles. The van der Waals surface area contributed by atoms with Gasteiger partial charge in [-0.05, 0) is 73.7 Å². The summed E-state index contributed by atoms with van der Waals surface area (Å²) in [7, 11) is -3.94. The Morgan fingerprint density at radius 1 is 0.966 bits per heavy atom. The molecular formula is C21H19FN2O4S. The summed E-state index contributed by atoms with van der Waals surface area (Å²) < 4.78 is 45.8. The van der Waals surface area contributed by atoms with Crippen LogP contribution < -0.4 is 14.8 Å². The van der Waals surface area contributed by atoms with E-state index in [1.807, 2.05) is 6.92 Å². The van der Waals surface area contributed by atoms with Crippen LogP contribution in [-0.2, 0) is 10.0 Å². The molecule has 150 valence electrons. The van der Waals surface area contributed by atoms with E-state index in [1.54, 1.807) is 24.3 Å². The smallest absolute Gasteiger partial charge is 0.261 e. The van der Waals surface area contributed by atoms with E-state index in [0.29, 0.717) is 18.0 Å². The number of hydrogen-bond donors (Lipinski definition) is 2. The SMILES string of the molecule is CCOc1ccc(NC(=O)c2cccc(S(=O)(=O)Nc3ccc(F)cc3)c2)cc1.